The van der Waals surface area contributed by atoms with Crippen LogP contribution in [0.2, 0.25) is 0 Å². The molecule has 158 valence electrons. The number of fused-ring (bicyclic) bond motifs is 1. The average Bonchev–Trinajstić information content (AvgIpc) is 3.07. The van der Waals surface area contributed by atoms with Crippen LogP contribution in [-0.2, 0) is 19.1 Å². The molecule has 1 atom stereocenters. The van der Waals surface area contributed by atoms with Crippen LogP contribution in [-0.4, -0.2) is 26.4 Å². The minimum Gasteiger partial charge on any atom is -0.493 e. The molecule has 0 saturated carbocycles. The summed E-state index contributed by atoms with van der Waals surface area (Å²) in [7, 11) is 0. The summed E-state index contributed by atoms with van der Waals surface area (Å²) in [4.78, 5) is 19.2. The highest BCUT2D eigenvalue weighted by molar-refractivity contribution is 5.42. The third-order valence-corrected chi connectivity index (χ3v) is 4.92. The molecular weight excluding hydrogens is 399 g/mol. The molecule has 0 aliphatic carbocycles. The van der Waals surface area contributed by atoms with Gasteiger partial charge in [-0.1, -0.05) is 18.2 Å². The zero-order chi connectivity index (χ0) is 21.3. The number of halogens is 3. The van der Waals surface area contributed by atoms with Crippen molar-refractivity contribution in [3.8, 4) is 5.75 Å². The van der Waals surface area contributed by atoms with Crippen LogP contribution in [0.25, 0.3) is 0 Å². The van der Waals surface area contributed by atoms with E-state index in [-0.39, 0.29) is 24.6 Å². The quantitative estimate of drug-likeness (QED) is 0.662. The number of aromatic amines is 1. The molecule has 3 heterocycles. The summed E-state index contributed by atoms with van der Waals surface area (Å²) >= 11 is 0. The molecule has 10 heteroatoms. The van der Waals surface area contributed by atoms with E-state index in [1.807, 2.05) is 24.3 Å². The fourth-order valence-corrected chi connectivity index (χ4v) is 3.46. The van der Waals surface area contributed by atoms with Crippen molar-refractivity contribution in [3.63, 3.8) is 0 Å². The van der Waals surface area contributed by atoms with Crippen molar-refractivity contribution in [2.45, 2.75) is 38.5 Å². The average molecular weight is 419 g/mol. The molecule has 0 amide bonds. The smallest absolute Gasteiger partial charge is 0.435 e. The number of ether oxygens (including phenoxy) is 1. The number of H-pyrrole nitrogens is 1. The van der Waals surface area contributed by atoms with Gasteiger partial charge in [-0.3, -0.25) is 14.5 Å². The zero-order valence-corrected chi connectivity index (χ0v) is 16.2. The Morgan fingerprint density at radius 2 is 2.10 bits per heavy atom. The van der Waals surface area contributed by atoms with Gasteiger partial charge in [0.15, 0.2) is 5.69 Å². The van der Waals surface area contributed by atoms with Crippen LogP contribution in [0.5, 0.6) is 5.75 Å². The third-order valence-electron chi connectivity index (χ3n) is 4.92. The van der Waals surface area contributed by atoms with Gasteiger partial charge in [-0.25, -0.2) is 4.98 Å². The molecular formula is C20H20F3N5O2. The molecule has 0 spiro atoms. The molecule has 2 aromatic heterocycles. The second-order valence-electron chi connectivity index (χ2n) is 7.10. The number of alkyl halides is 3. The summed E-state index contributed by atoms with van der Waals surface area (Å²) in [5, 5.41) is 6.84. The predicted octanol–water partition coefficient (Wildman–Crippen LogP) is 3.47. The standard InChI is InChI=1S/C20H20F3N5O2/c1-12-10-17(20(21,22)23)27-28(12)8-6-13-11-18(29)26-19(24-13)25-15-7-9-30-16-5-3-2-4-14(15)16/h2-5,10-11,15H,6-9H2,1H3,(H2,24,25,26,29)/t15-/m1/s1. The van der Waals surface area contributed by atoms with E-state index in [1.54, 1.807) is 6.92 Å². The lowest BCUT2D eigenvalue weighted by molar-refractivity contribution is -0.141. The topological polar surface area (TPSA) is 84.8 Å². The fourth-order valence-electron chi connectivity index (χ4n) is 3.46. The van der Waals surface area contributed by atoms with E-state index in [2.05, 4.69) is 20.4 Å². The van der Waals surface area contributed by atoms with E-state index in [9.17, 15) is 18.0 Å². The largest absolute Gasteiger partial charge is 0.493 e. The van der Waals surface area contributed by atoms with Crippen LogP contribution in [0.4, 0.5) is 19.1 Å². The first-order valence-corrected chi connectivity index (χ1v) is 9.50. The lowest BCUT2D eigenvalue weighted by Gasteiger charge is -2.26. The van der Waals surface area contributed by atoms with Crippen molar-refractivity contribution < 1.29 is 17.9 Å². The van der Waals surface area contributed by atoms with Crippen LogP contribution in [0.3, 0.4) is 0 Å². The Kier molecular flexibility index (Phi) is 5.23. The molecule has 0 saturated heterocycles. The van der Waals surface area contributed by atoms with Gasteiger partial charge in [0, 0.05) is 36.7 Å². The number of aryl methyl sites for hydroxylation is 3. The summed E-state index contributed by atoms with van der Waals surface area (Å²) in [6.45, 7) is 2.28. The second-order valence-corrected chi connectivity index (χ2v) is 7.10. The molecule has 0 radical (unpaired) electrons. The van der Waals surface area contributed by atoms with Crippen molar-refractivity contribution in [2.75, 3.05) is 11.9 Å². The first kappa shape index (κ1) is 20.0. The minimum absolute atomic E-state index is 0.0731. The van der Waals surface area contributed by atoms with Gasteiger partial charge in [-0.15, -0.1) is 0 Å². The van der Waals surface area contributed by atoms with Crippen molar-refractivity contribution >= 4 is 5.95 Å². The van der Waals surface area contributed by atoms with E-state index in [1.165, 1.54) is 10.7 Å². The van der Waals surface area contributed by atoms with Gasteiger partial charge < -0.3 is 10.1 Å². The Balaban J connectivity index is 1.50. The molecule has 0 fully saturated rings. The number of anilines is 1. The van der Waals surface area contributed by atoms with Gasteiger partial charge in [0.2, 0.25) is 5.95 Å². The van der Waals surface area contributed by atoms with Crippen molar-refractivity contribution in [2.24, 2.45) is 0 Å². The summed E-state index contributed by atoms with van der Waals surface area (Å²) in [5.74, 6) is 1.10. The van der Waals surface area contributed by atoms with E-state index in [0.29, 0.717) is 30.4 Å². The number of benzene rings is 1. The predicted molar refractivity (Wildman–Crippen MR) is 103 cm³/mol. The molecule has 3 aromatic rings. The summed E-state index contributed by atoms with van der Waals surface area (Å²) in [6, 6.07) is 9.91. The first-order valence-electron chi connectivity index (χ1n) is 9.50. The molecule has 1 aromatic carbocycles. The Morgan fingerprint density at radius 3 is 2.87 bits per heavy atom. The second kappa shape index (κ2) is 7.85. The van der Waals surface area contributed by atoms with Crippen molar-refractivity contribution in [1.29, 1.82) is 0 Å². The number of nitrogens with one attached hydrogen (secondary N) is 2. The fraction of sp³-hybridized carbons (Fsp3) is 0.350. The third kappa shape index (κ3) is 4.32. The van der Waals surface area contributed by atoms with E-state index >= 15 is 0 Å². The van der Waals surface area contributed by atoms with Crippen LogP contribution >= 0.6 is 0 Å². The van der Waals surface area contributed by atoms with Gasteiger partial charge in [0.1, 0.15) is 5.75 Å². The molecule has 2 N–H and O–H groups in total. The van der Waals surface area contributed by atoms with Crippen molar-refractivity contribution in [1.82, 2.24) is 19.7 Å². The molecule has 4 rings (SSSR count). The van der Waals surface area contributed by atoms with Gasteiger partial charge >= 0.3 is 6.18 Å². The molecule has 1 aliphatic rings. The van der Waals surface area contributed by atoms with Gasteiger partial charge in [-0.2, -0.15) is 18.3 Å². The zero-order valence-electron chi connectivity index (χ0n) is 16.2. The van der Waals surface area contributed by atoms with Gasteiger partial charge in [0.05, 0.1) is 18.3 Å². The number of hydrogen-bond donors (Lipinski definition) is 2. The highest BCUT2D eigenvalue weighted by atomic mass is 19.4. The summed E-state index contributed by atoms with van der Waals surface area (Å²) < 4.78 is 45.4. The maximum absolute atomic E-state index is 12.8. The number of rotatable bonds is 5. The Hall–Kier alpha value is -3.30. The number of hydrogen-bond acceptors (Lipinski definition) is 5. The SMILES string of the molecule is Cc1cc(C(F)(F)F)nn1CCc1cc(=O)[nH]c(N[C@@H]2CCOc3ccccc32)n1. The lowest BCUT2D eigenvalue weighted by Crippen LogP contribution is -2.23. The normalized spacial score (nSPS) is 16.1. The highest BCUT2D eigenvalue weighted by Crippen LogP contribution is 2.33. The Bertz CT molecular complexity index is 1110. The molecule has 0 unspecified atom stereocenters. The van der Waals surface area contributed by atoms with Crippen molar-refractivity contribution in [3.05, 3.63) is 69.4 Å². The summed E-state index contributed by atoms with van der Waals surface area (Å²) in [6.07, 6.45) is -3.52. The number of para-hydroxylation sites is 1. The lowest BCUT2D eigenvalue weighted by atomic mass is 10.0. The minimum atomic E-state index is -4.49. The van der Waals surface area contributed by atoms with E-state index in [4.69, 9.17) is 4.74 Å². The monoisotopic (exact) mass is 419 g/mol. The maximum Gasteiger partial charge on any atom is 0.435 e. The summed E-state index contributed by atoms with van der Waals surface area (Å²) in [5.41, 5.74) is 0.563. The van der Waals surface area contributed by atoms with Crippen LogP contribution in [0, 0.1) is 6.92 Å². The van der Waals surface area contributed by atoms with Gasteiger partial charge in [0.25, 0.3) is 5.56 Å². The number of nitrogens with zero attached hydrogens (tertiary/aromatic N) is 3. The Morgan fingerprint density at radius 1 is 1.30 bits per heavy atom. The first-order chi connectivity index (χ1) is 14.3. The van der Waals surface area contributed by atoms with E-state index < -0.39 is 11.9 Å². The van der Waals surface area contributed by atoms with Crippen LogP contribution in [0.15, 0.2) is 41.2 Å². The van der Waals surface area contributed by atoms with Crippen LogP contribution in [0.1, 0.15) is 35.1 Å². The van der Waals surface area contributed by atoms with Gasteiger partial charge in [-0.05, 0) is 19.1 Å². The Labute approximate surface area is 169 Å². The highest BCUT2D eigenvalue weighted by Gasteiger charge is 2.34. The molecule has 1 aliphatic heterocycles. The van der Waals surface area contributed by atoms with E-state index in [0.717, 1.165) is 17.4 Å². The maximum atomic E-state index is 12.8. The van der Waals surface area contributed by atoms with Crippen LogP contribution < -0.4 is 15.6 Å². The molecule has 7 nitrogen and oxygen atoms in total. The molecule has 0 bridgehead atoms. The molecule has 30 heavy (non-hydrogen) atoms. The number of aromatic nitrogens is 4.